The van der Waals surface area contributed by atoms with Crippen molar-refractivity contribution in [1.29, 1.82) is 0 Å². The van der Waals surface area contributed by atoms with Gasteiger partial charge in [0.1, 0.15) is 5.75 Å². The number of pyridine rings is 1. The average Bonchev–Trinajstić information content (AvgIpc) is 2.75. The Balaban J connectivity index is 1.57. The van der Waals surface area contributed by atoms with Gasteiger partial charge in [0.2, 0.25) is 0 Å². The molecule has 11 heteroatoms. The molecule has 2 aromatic heterocycles. The molecule has 0 radical (unpaired) electrons. The normalized spacial score (nSPS) is 12.6. The quantitative estimate of drug-likeness (QED) is 0.263. The number of hydrogen-bond acceptors (Lipinski definition) is 9. The van der Waals surface area contributed by atoms with Crippen LogP contribution in [0.2, 0.25) is 0 Å². The number of carbonyl (C=O) groups excluding carboxylic acids is 3. The van der Waals surface area contributed by atoms with Crippen molar-refractivity contribution in [3.05, 3.63) is 51.4 Å². The summed E-state index contributed by atoms with van der Waals surface area (Å²) < 4.78 is 10.0. The molecule has 0 saturated heterocycles. The Bertz CT molecular complexity index is 1300. The van der Waals surface area contributed by atoms with Crippen molar-refractivity contribution in [2.24, 2.45) is 0 Å². The summed E-state index contributed by atoms with van der Waals surface area (Å²) in [4.78, 5) is 59.7. The van der Waals surface area contributed by atoms with Gasteiger partial charge in [0, 0.05) is 11.3 Å². The second kappa shape index (κ2) is 8.19. The van der Waals surface area contributed by atoms with E-state index in [2.05, 4.69) is 20.3 Å². The van der Waals surface area contributed by atoms with E-state index < -0.39 is 11.5 Å². The molecule has 4 rings (SSSR count). The molecule has 1 aromatic carbocycles. The lowest BCUT2D eigenvalue weighted by molar-refractivity contribution is -0.118. The van der Waals surface area contributed by atoms with Crippen molar-refractivity contribution in [3.63, 3.8) is 0 Å². The van der Waals surface area contributed by atoms with Crippen molar-refractivity contribution in [2.45, 2.75) is 12.1 Å². The number of fused-ring (bicyclic) bond motifs is 2. The van der Waals surface area contributed by atoms with Gasteiger partial charge in [0.25, 0.3) is 11.5 Å². The Labute approximate surface area is 179 Å². The van der Waals surface area contributed by atoms with Gasteiger partial charge in [-0.3, -0.25) is 14.4 Å². The van der Waals surface area contributed by atoms with Gasteiger partial charge >= 0.3 is 5.97 Å². The van der Waals surface area contributed by atoms with Gasteiger partial charge in [-0.25, -0.2) is 14.8 Å². The topological polar surface area (TPSA) is 140 Å². The Morgan fingerprint density at radius 1 is 1.23 bits per heavy atom. The summed E-state index contributed by atoms with van der Waals surface area (Å²) in [7, 11) is 1.22. The number of ether oxygens (including phenoxy) is 2. The first-order chi connectivity index (χ1) is 14.9. The van der Waals surface area contributed by atoms with Gasteiger partial charge < -0.3 is 19.8 Å². The second-order valence-electron chi connectivity index (χ2n) is 6.63. The number of aromatic amines is 1. The number of Topliss-reactive ketones (excluding diaryl/α,β-unsaturated/α-hetero) is 1. The number of thioether (sulfide) groups is 1. The molecule has 3 aromatic rings. The van der Waals surface area contributed by atoms with Crippen molar-refractivity contribution in [1.82, 2.24) is 15.0 Å². The molecule has 31 heavy (non-hydrogen) atoms. The molecular weight excluding hydrogens is 424 g/mol. The van der Waals surface area contributed by atoms with E-state index in [1.54, 1.807) is 25.1 Å². The molecule has 1 amide bonds. The smallest absolute Gasteiger partial charge is 0.338 e. The van der Waals surface area contributed by atoms with E-state index in [1.807, 2.05) is 0 Å². The molecule has 10 nitrogen and oxygen atoms in total. The van der Waals surface area contributed by atoms with E-state index in [9.17, 15) is 19.2 Å². The first-order valence-corrected chi connectivity index (χ1v) is 10.1. The summed E-state index contributed by atoms with van der Waals surface area (Å²) in [6, 6.07) is 6.21. The highest BCUT2D eigenvalue weighted by Crippen LogP contribution is 2.29. The number of nitrogens with zero attached hydrogens (tertiary/aromatic N) is 2. The predicted octanol–water partition coefficient (Wildman–Crippen LogP) is 1.72. The van der Waals surface area contributed by atoms with Crippen molar-refractivity contribution in [2.75, 3.05) is 24.8 Å². The summed E-state index contributed by atoms with van der Waals surface area (Å²) in [5, 5.41) is 2.87. The molecule has 0 aliphatic carbocycles. The molecule has 0 saturated carbocycles. The minimum atomic E-state index is -0.665. The molecule has 0 bridgehead atoms. The Morgan fingerprint density at radius 3 is 2.81 bits per heavy atom. The van der Waals surface area contributed by atoms with Gasteiger partial charge in [-0.05, 0) is 31.2 Å². The fraction of sp³-hybridized carbons (Fsp3) is 0.200. The third kappa shape index (κ3) is 4.12. The van der Waals surface area contributed by atoms with Crippen molar-refractivity contribution < 1.29 is 23.9 Å². The number of H-pyrrole nitrogens is 1. The molecule has 1 aliphatic heterocycles. The maximum absolute atomic E-state index is 12.6. The maximum atomic E-state index is 12.6. The van der Waals surface area contributed by atoms with Gasteiger partial charge in [0.05, 0.1) is 29.5 Å². The fourth-order valence-corrected chi connectivity index (χ4v) is 3.81. The predicted molar refractivity (Wildman–Crippen MR) is 112 cm³/mol. The lowest BCUT2D eigenvalue weighted by Crippen LogP contribution is -2.25. The lowest BCUT2D eigenvalue weighted by Gasteiger charge is -2.18. The number of carbonyl (C=O) groups is 3. The first kappa shape index (κ1) is 20.5. The third-order valence-corrected chi connectivity index (χ3v) is 5.34. The van der Waals surface area contributed by atoms with Gasteiger partial charge in [-0.1, -0.05) is 11.8 Å². The summed E-state index contributed by atoms with van der Waals surface area (Å²) >= 11 is 1.03. The van der Waals surface area contributed by atoms with E-state index in [0.29, 0.717) is 22.7 Å². The number of methoxy groups -OCH3 is 1. The molecule has 0 unspecified atom stereocenters. The highest BCUT2D eigenvalue weighted by Gasteiger charge is 2.20. The van der Waals surface area contributed by atoms with Crippen LogP contribution >= 0.6 is 11.8 Å². The number of aryl methyl sites for hydroxylation is 1. The molecule has 2 N–H and O–H groups in total. The molecule has 158 valence electrons. The summed E-state index contributed by atoms with van der Waals surface area (Å²) in [6.07, 6.45) is 0. The highest BCUT2D eigenvalue weighted by atomic mass is 32.2. The Hall–Kier alpha value is -3.73. The molecule has 0 spiro atoms. The van der Waals surface area contributed by atoms with Gasteiger partial charge in [0.15, 0.2) is 23.2 Å². The Kier molecular flexibility index (Phi) is 5.42. The monoisotopic (exact) mass is 440 g/mol. The van der Waals surface area contributed by atoms with Crippen LogP contribution in [0, 0.1) is 6.92 Å². The van der Waals surface area contributed by atoms with Crippen LogP contribution in [0.4, 0.5) is 5.69 Å². The molecular formula is C20H16N4O6S. The van der Waals surface area contributed by atoms with Crippen LogP contribution in [0.25, 0.3) is 11.0 Å². The minimum Gasteiger partial charge on any atom is -0.482 e. The number of benzene rings is 1. The van der Waals surface area contributed by atoms with E-state index in [4.69, 9.17) is 9.47 Å². The van der Waals surface area contributed by atoms with Crippen LogP contribution in [-0.2, 0) is 9.53 Å². The largest absolute Gasteiger partial charge is 0.482 e. The molecule has 0 atom stereocenters. The van der Waals surface area contributed by atoms with Crippen LogP contribution < -0.4 is 15.6 Å². The number of esters is 1. The SMILES string of the molecule is COC(=O)c1cc(C)nc2nc(SCC(=O)c3ccc4c(c3)NC(=O)CO4)[nH]c(=O)c12. The highest BCUT2D eigenvalue weighted by molar-refractivity contribution is 7.99. The number of hydrogen-bond donors (Lipinski definition) is 2. The van der Waals surface area contributed by atoms with E-state index in [-0.39, 0.29) is 45.8 Å². The average molecular weight is 440 g/mol. The van der Waals surface area contributed by atoms with Crippen LogP contribution in [0.5, 0.6) is 5.75 Å². The summed E-state index contributed by atoms with van der Waals surface area (Å²) in [5.74, 6) is -0.715. The summed E-state index contributed by atoms with van der Waals surface area (Å²) in [5.41, 5.74) is 0.914. The number of aromatic nitrogens is 3. The molecule has 0 fully saturated rings. The van der Waals surface area contributed by atoms with Crippen molar-refractivity contribution >= 4 is 46.1 Å². The number of rotatable bonds is 5. The van der Waals surface area contributed by atoms with Crippen LogP contribution in [0.15, 0.2) is 34.2 Å². The second-order valence-corrected chi connectivity index (χ2v) is 7.60. The van der Waals surface area contributed by atoms with E-state index in [1.165, 1.54) is 13.2 Å². The van der Waals surface area contributed by atoms with Crippen LogP contribution in [0.1, 0.15) is 26.4 Å². The Morgan fingerprint density at radius 2 is 2.03 bits per heavy atom. The zero-order valence-corrected chi connectivity index (χ0v) is 17.3. The third-order valence-electron chi connectivity index (χ3n) is 4.46. The number of nitrogens with one attached hydrogen (secondary N) is 2. The number of amides is 1. The van der Waals surface area contributed by atoms with Crippen LogP contribution in [0.3, 0.4) is 0 Å². The molecule has 3 heterocycles. The standard InChI is InChI=1S/C20H16N4O6S/c1-9-5-11(19(28)29-2)16-17(21-9)23-20(24-18(16)27)31-8-13(25)10-3-4-14-12(6-10)22-15(26)7-30-14/h3-6H,7-8H2,1-2H3,(H,22,26)(H,21,23,24,27). The maximum Gasteiger partial charge on any atom is 0.338 e. The lowest BCUT2D eigenvalue weighted by atomic mass is 10.1. The van der Waals surface area contributed by atoms with Gasteiger partial charge in [-0.15, -0.1) is 0 Å². The van der Waals surface area contributed by atoms with Gasteiger partial charge in [-0.2, -0.15) is 0 Å². The van der Waals surface area contributed by atoms with E-state index >= 15 is 0 Å². The minimum absolute atomic E-state index is 0.0162. The zero-order valence-electron chi connectivity index (χ0n) is 16.5. The first-order valence-electron chi connectivity index (χ1n) is 9.08. The zero-order chi connectivity index (χ0) is 22.1. The van der Waals surface area contributed by atoms with Crippen LogP contribution in [-0.4, -0.2) is 52.1 Å². The molecule has 1 aliphatic rings. The summed E-state index contributed by atoms with van der Waals surface area (Å²) in [6.45, 7) is 1.60. The van der Waals surface area contributed by atoms with E-state index in [0.717, 1.165) is 11.8 Å². The fourth-order valence-electron chi connectivity index (χ4n) is 3.06. The number of anilines is 1. The number of ketones is 1. The van der Waals surface area contributed by atoms with Crippen molar-refractivity contribution in [3.8, 4) is 5.75 Å².